The van der Waals surface area contributed by atoms with Crippen molar-refractivity contribution in [1.82, 2.24) is 14.8 Å². The van der Waals surface area contributed by atoms with Crippen molar-refractivity contribution in [2.45, 2.75) is 35.9 Å². The first-order valence-corrected chi connectivity index (χ1v) is 17.0. The van der Waals surface area contributed by atoms with Gasteiger partial charge in [-0.15, -0.1) is 24.9 Å². The zero-order valence-electron chi connectivity index (χ0n) is 26.0. The van der Waals surface area contributed by atoms with Crippen molar-refractivity contribution < 1.29 is 40.8 Å². The zero-order valence-corrected chi connectivity index (χ0v) is 27.7. The van der Waals surface area contributed by atoms with E-state index in [4.69, 9.17) is 28.3 Å². The molecule has 0 radical (unpaired) electrons. The molecule has 0 unspecified atom stereocenters. The van der Waals surface area contributed by atoms with Crippen LogP contribution in [0.15, 0.2) is 92.6 Å². The summed E-state index contributed by atoms with van der Waals surface area (Å²) in [6.45, 7) is 8.68. The van der Waals surface area contributed by atoms with E-state index in [1.54, 1.807) is 31.2 Å². The van der Waals surface area contributed by atoms with Crippen molar-refractivity contribution in [1.29, 1.82) is 5.26 Å². The normalized spacial score (nSPS) is 18.8. The van der Waals surface area contributed by atoms with Gasteiger partial charge in [0.05, 0.1) is 49.9 Å². The van der Waals surface area contributed by atoms with Crippen molar-refractivity contribution in [2.75, 3.05) is 26.4 Å². The van der Waals surface area contributed by atoms with Gasteiger partial charge >= 0.3 is 7.82 Å². The van der Waals surface area contributed by atoms with Crippen LogP contribution in [0.3, 0.4) is 0 Å². The first-order chi connectivity index (χ1) is 23.1. The van der Waals surface area contributed by atoms with Crippen molar-refractivity contribution >= 4 is 25.7 Å². The zero-order chi connectivity index (χ0) is 34.6. The van der Waals surface area contributed by atoms with E-state index in [0.29, 0.717) is 11.6 Å². The van der Waals surface area contributed by atoms with Gasteiger partial charge in [0.2, 0.25) is 0 Å². The SMILES string of the molecule is C=CCOP(=O)(OCC=C)O[C@@](Cn1cncn1)(c1ccc(F)cc1F)[C@@H](C)SC1COC(/C=C/C=C/c2ccc(C#N)cc2F)OC1. The van der Waals surface area contributed by atoms with Crippen LogP contribution in [0, 0.1) is 28.8 Å². The van der Waals surface area contributed by atoms with Crippen LogP contribution in [0.1, 0.15) is 23.6 Å². The van der Waals surface area contributed by atoms with Crippen LogP contribution >= 0.6 is 19.6 Å². The molecule has 2 aromatic carbocycles. The van der Waals surface area contributed by atoms with Gasteiger partial charge in [-0.05, 0) is 24.3 Å². The van der Waals surface area contributed by atoms with Crippen LogP contribution < -0.4 is 0 Å². The van der Waals surface area contributed by atoms with E-state index in [1.807, 2.05) is 6.07 Å². The summed E-state index contributed by atoms with van der Waals surface area (Å²) in [5.74, 6) is -2.28. The lowest BCUT2D eigenvalue weighted by Crippen LogP contribution is -2.45. The summed E-state index contributed by atoms with van der Waals surface area (Å²) in [5, 5.41) is 12.0. The minimum absolute atomic E-state index is 0.118. The summed E-state index contributed by atoms with van der Waals surface area (Å²) in [6.07, 6.45) is 11.1. The molecule has 4 rings (SSSR count). The van der Waals surface area contributed by atoms with E-state index in [1.165, 1.54) is 59.4 Å². The number of aromatic nitrogens is 3. The van der Waals surface area contributed by atoms with E-state index in [9.17, 15) is 13.3 Å². The predicted octanol–water partition coefficient (Wildman–Crippen LogP) is 7.13. The maximum Gasteiger partial charge on any atom is 0.476 e. The largest absolute Gasteiger partial charge is 0.476 e. The van der Waals surface area contributed by atoms with Gasteiger partial charge in [-0.2, -0.15) is 10.4 Å². The standard InChI is InChI=1S/C33H34F3N4O6PS/c1-4-14-44-47(41,45-15-5-2)46-33(21-40-23-38-22-39-40,29-13-12-27(34)17-31(29)36)24(3)48-28-19-42-32(43-20-28)9-7-6-8-26-11-10-25(18-37)16-30(26)35/h4-13,16-17,22-24,28,32H,1-2,14-15,19-21H2,3H3/b8-6+,9-7+/t24-,28?,32?,33-/m1/s1. The highest BCUT2D eigenvalue weighted by atomic mass is 32.2. The van der Waals surface area contributed by atoms with Crippen molar-refractivity contribution in [3.63, 3.8) is 0 Å². The predicted molar refractivity (Wildman–Crippen MR) is 175 cm³/mol. The van der Waals surface area contributed by atoms with Crippen LogP contribution in [0.2, 0.25) is 0 Å². The smallest absolute Gasteiger partial charge is 0.348 e. The molecule has 0 N–H and O–H groups in total. The van der Waals surface area contributed by atoms with E-state index >= 15 is 4.39 Å². The third-order valence-electron chi connectivity index (χ3n) is 6.96. The molecular formula is C33H34F3N4O6PS. The molecule has 1 aliphatic rings. The van der Waals surface area contributed by atoms with Gasteiger partial charge in [0.15, 0.2) is 6.29 Å². The maximum atomic E-state index is 15.7. The van der Waals surface area contributed by atoms with E-state index in [0.717, 1.165) is 12.1 Å². The lowest BCUT2D eigenvalue weighted by atomic mass is 9.90. The molecule has 2 heterocycles. The van der Waals surface area contributed by atoms with Gasteiger partial charge < -0.3 is 9.47 Å². The Labute approximate surface area is 281 Å². The van der Waals surface area contributed by atoms with Crippen LogP contribution in [-0.2, 0) is 39.8 Å². The van der Waals surface area contributed by atoms with Gasteiger partial charge in [0.25, 0.3) is 0 Å². The number of thioether (sulfide) groups is 1. The number of hydrogen-bond donors (Lipinski definition) is 0. The summed E-state index contributed by atoms with van der Waals surface area (Å²) in [4.78, 5) is 3.97. The number of ether oxygens (including phenoxy) is 2. The Morgan fingerprint density at radius 2 is 1.85 bits per heavy atom. The summed E-state index contributed by atoms with van der Waals surface area (Å²) >= 11 is 1.31. The molecule has 0 spiro atoms. The van der Waals surface area contributed by atoms with Gasteiger partial charge in [-0.3, -0.25) is 13.6 Å². The number of phosphoric acid groups is 1. The van der Waals surface area contributed by atoms with Gasteiger partial charge in [-0.25, -0.2) is 27.4 Å². The Hall–Kier alpha value is -3.80. The highest BCUT2D eigenvalue weighted by molar-refractivity contribution is 8.00. The molecule has 48 heavy (non-hydrogen) atoms. The number of phosphoric ester groups is 1. The van der Waals surface area contributed by atoms with Crippen molar-refractivity contribution in [3.05, 3.63) is 127 Å². The van der Waals surface area contributed by atoms with E-state index < -0.39 is 42.4 Å². The van der Waals surface area contributed by atoms with Gasteiger partial charge in [0.1, 0.15) is 35.7 Å². The number of benzene rings is 2. The highest BCUT2D eigenvalue weighted by Gasteiger charge is 2.50. The first kappa shape index (κ1) is 37.0. The fraction of sp³-hybridized carbons (Fsp3) is 0.303. The molecular weight excluding hydrogens is 668 g/mol. The minimum atomic E-state index is -4.45. The third kappa shape index (κ3) is 9.87. The first-order valence-electron chi connectivity index (χ1n) is 14.6. The third-order valence-corrected chi connectivity index (χ3v) is 9.88. The fourth-order valence-corrected chi connectivity index (χ4v) is 7.59. The van der Waals surface area contributed by atoms with E-state index in [2.05, 4.69) is 23.2 Å². The molecule has 0 aliphatic carbocycles. The molecule has 10 nitrogen and oxygen atoms in total. The molecule has 1 aliphatic heterocycles. The average molecular weight is 703 g/mol. The van der Waals surface area contributed by atoms with Gasteiger partial charge in [-0.1, -0.05) is 49.4 Å². The number of nitriles is 1. The molecule has 1 saturated heterocycles. The average Bonchev–Trinajstić information content (AvgIpc) is 3.58. The number of nitrogens with zero attached hydrogens (tertiary/aromatic N) is 4. The lowest BCUT2D eigenvalue weighted by Gasteiger charge is -2.42. The molecule has 254 valence electrons. The molecule has 1 aromatic heterocycles. The molecule has 2 atom stereocenters. The second-order valence-corrected chi connectivity index (χ2v) is 13.6. The van der Waals surface area contributed by atoms with Crippen LogP contribution in [0.5, 0.6) is 0 Å². The Kier molecular flexibility index (Phi) is 13.5. The topological polar surface area (TPSA) is 118 Å². The molecule has 15 heteroatoms. The number of hydrogen-bond acceptors (Lipinski definition) is 10. The molecule has 0 bridgehead atoms. The van der Waals surface area contributed by atoms with Crippen LogP contribution in [0.25, 0.3) is 6.08 Å². The minimum Gasteiger partial charge on any atom is -0.348 e. The maximum absolute atomic E-state index is 15.7. The summed E-state index contributed by atoms with van der Waals surface area (Å²) in [7, 11) is -4.45. The van der Waals surface area contributed by atoms with Crippen LogP contribution in [-0.4, -0.2) is 58.0 Å². The molecule has 0 saturated carbocycles. The summed E-state index contributed by atoms with van der Waals surface area (Å²) in [5.41, 5.74) is -1.39. The van der Waals surface area contributed by atoms with Gasteiger partial charge in [0, 0.05) is 22.4 Å². The molecule has 3 aromatic rings. The number of allylic oxidation sites excluding steroid dienone is 2. The van der Waals surface area contributed by atoms with Crippen molar-refractivity contribution in [2.24, 2.45) is 0 Å². The Morgan fingerprint density at radius 3 is 2.46 bits per heavy atom. The lowest BCUT2D eigenvalue weighted by molar-refractivity contribution is -0.146. The highest BCUT2D eigenvalue weighted by Crippen LogP contribution is 2.58. The Bertz CT molecular complexity index is 1680. The Morgan fingerprint density at radius 1 is 1.12 bits per heavy atom. The van der Waals surface area contributed by atoms with Crippen LogP contribution in [0.4, 0.5) is 13.2 Å². The Balaban J connectivity index is 1.56. The number of rotatable bonds is 17. The quantitative estimate of drug-likeness (QED) is 0.0817. The number of halogens is 3. The summed E-state index contributed by atoms with van der Waals surface area (Å²) < 4.78 is 88.3. The fourth-order valence-electron chi connectivity index (χ4n) is 4.68. The molecule has 1 fully saturated rings. The monoisotopic (exact) mass is 702 g/mol. The second-order valence-electron chi connectivity index (χ2n) is 10.3. The van der Waals surface area contributed by atoms with Crippen molar-refractivity contribution in [3.8, 4) is 6.07 Å². The second kappa shape index (κ2) is 17.6. The summed E-state index contributed by atoms with van der Waals surface area (Å²) in [6, 6.07) is 9.08. The van der Waals surface area contributed by atoms with E-state index in [-0.39, 0.29) is 49.3 Å². The molecule has 0 amide bonds.